The molecule has 1 aromatic heterocycles. The predicted molar refractivity (Wildman–Crippen MR) is 80.4 cm³/mol. The zero-order chi connectivity index (χ0) is 16.3. The van der Waals surface area contributed by atoms with Crippen LogP contribution in [0.5, 0.6) is 0 Å². The highest BCUT2D eigenvalue weighted by Crippen LogP contribution is 2.30. The van der Waals surface area contributed by atoms with E-state index < -0.39 is 11.5 Å². The van der Waals surface area contributed by atoms with Crippen LogP contribution in [0.1, 0.15) is 25.7 Å². The second-order valence-electron chi connectivity index (χ2n) is 6.03. The lowest BCUT2D eigenvalue weighted by atomic mass is 9.87. The second-order valence-corrected chi connectivity index (χ2v) is 6.03. The van der Waals surface area contributed by atoms with Crippen LogP contribution in [0.4, 0.5) is 0 Å². The van der Waals surface area contributed by atoms with Crippen LogP contribution in [-0.2, 0) is 20.0 Å². The zero-order valence-corrected chi connectivity index (χ0v) is 13.1. The second kappa shape index (κ2) is 6.67. The molecule has 0 saturated carbocycles. The minimum atomic E-state index is -1.04. The number of piperidine rings is 1. The molecule has 0 aromatic carbocycles. The summed E-state index contributed by atoms with van der Waals surface area (Å²) in [7, 11) is 0. The number of carbonyl (C=O) groups is 2. The SMILES string of the molecule is O=C(CCN1CCCO1)N1CCC(C(=O)O)(n2cccn2)CC1. The molecule has 2 aliphatic heterocycles. The third kappa shape index (κ3) is 3.23. The van der Waals surface area contributed by atoms with Crippen LogP contribution in [0.15, 0.2) is 18.5 Å². The lowest BCUT2D eigenvalue weighted by Crippen LogP contribution is -2.52. The van der Waals surface area contributed by atoms with Gasteiger partial charge in [-0.25, -0.2) is 4.79 Å². The van der Waals surface area contributed by atoms with Crippen molar-refractivity contribution in [3.8, 4) is 0 Å². The molecule has 1 amide bonds. The number of hydroxylamine groups is 2. The first-order valence-corrected chi connectivity index (χ1v) is 8.01. The normalized spacial score (nSPS) is 21.5. The molecular formula is C15H22N4O4. The van der Waals surface area contributed by atoms with Gasteiger partial charge in [-0.2, -0.15) is 10.2 Å². The fraction of sp³-hybridized carbons (Fsp3) is 0.667. The maximum Gasteiger partial charge on any atom is 0.331 e. The van der Waals surface area contributed by atoms with E-state index in [1.54, 1.807) is 23.4 Å². The quantitative estimate of drug-likeness (QED) is 0.839. The Labute approximate surface area is 134 Å². The Morgan fingerprint density at radius 2 is 2.04 bits per heavy atom. The first-order chi connectivity index (χ1) is 11.1. The molecule has 0 atom stereocenters. The zero-order valence-electron chi connectivity index (χ0n) is 13.1. The van der Waals surface area contributed by atoms with Gasteiger partial charge in [0, 0.05) is 57.8 Å². The summed E-state index contributed by atoms with van der Waals surface area (Å²) in [6, 6.07) is 1.72. The van der Waals surface area contributed by atoms with Crippen molar-refractivity contribution in [2.75, 3.05) is 32.8 Å². The average molecular weight is 322 g/mol. The van der Waals surface area contributed by atoms with Gasteiger partial charge in [0.25, 0.3) is 0 Å². The number of hydrogen-bond donors (Lipinski definition) is 1. The molecule has 2 fully saturated rings. The lowest BCUT2D eigenvalue weighted by Gasteiger charge is -2.39. The van der Waals surface area contributed by atoms with Gasteiger partial charge in [0.15, 0.2) is 5.54 Å². The number of aliphatic carboxylic acids is 1. The Bertz CT molecular complexity index is 546. The molecule has 126 valence electrons. The molecule has 0 bridgehead atoms. The van der Waals surface area contributed by atoms with Gasteiger partial charge in [-0.1, -0.05) is 0 Å². The number of aromatic nitrogens is 2. The highest BCUT2D eigenvalue weighted by Gasteiger charge is 2.44. The summed E-state index contributed by atoms with van der Waals surface area (Å²) < 4.78 is 1.51. The number of carbonyl (C=O) groups excluding carboxylic acids is 1. The van der Waals surface area contributed by atoms with E-state index in [0.717, 1.165) is 19.6 Å². The monoisotopic (exact) mass is 322 g/mol. The average Bonchev–Trinajstić information content (AvgIpc) is 3.26. The summed E-state index contributed by atoms with van der Waals surface area (Å²) in [5.74, 6) is -0.835. The van der Waals surface area contributed by atoms with Crippen molar-refractivity contribution in [1.29, 1.82) is 0 Å². The molecule has 0 radical (unpaired) electrons. The van der Waals surface area contributed by atoms with Crippen LogP contribution in [-0.4, -0.2) is 69.5 Å². The van der Waals surface area contributed by atoms with Gasteiger partial charge in [0.1, 0.15) is 0 Å². The van der Waals surface area contributed by atoms with Crippen molar-refractivity contribution >= 4 is 11.9 Å². The predicted octanol–water partition coefficient (Wildman–Crippen LogP) is 0.313. The fourth-order valence-electron chi connectivity index (χ4n) is 3.24. The molecule has 23 heavy (non-hydrogen) atoms. The minimum Gasteiger partial charge on any atom is -0.479 e. The minimum absolute atomic E-state index is 0.0555. The van der Waals surface area contributed by atoms with Crippen LogP contribution in [0.2, 0.25) is 0 Å². The molecule has 2 saturated heterocycles. The van der Waals surface area contributed by atoms with E-state index in [9.17, 15) is 14.7 Å². The Morgan fingerprint density at radius 3 is 2.61 bits per heavy atom. The van der Waals surface area contributed by atoms with E-state index >= 15 is 0 Å². The summed E-state index contributed by atoms with van der Waals surface area (Å²) in [5, 5.41) is 15.6. The van der Waals surface area contributed by atoms with Crippen molar-refractivity contribution < 1.29 is 19.5 Å². The van der Waals surface area contributed by atoms with E-state index in [2.05, 4.69) is 5.10 Å². The summed E-state index contributed by atoms with van der Waals surface area (Å²) in [6.45, 7) is 3.06. The molecule has 3 rings (SSSR count). The molecule has 0 spiro atoms. The molecular weight excluding hydrogens is 300 g/mol. The topological polar surface area (TPSA) is 87.9 Å². The molecule has 1 aromatic rings. The Morgan fingerprint density at radius 1 is 1.26 bits per heavy atom. The number of carboxylic acids is 1. The van der Waals surface area contributed by atoms with Gasteiger partial charge < -0.3 is 10.0 Å². The molecule has 3 heterocycles. The molecule has 1 N–H and O–H groups in total. The van der Waals surface area contributed by atoms with Gasteiger partial charge >= 0.3 is 5.97 Å². The van der Waals surface area contributed by atoms with Crippen LogP contribution in [0.3, 0.4) is 0 Å². The third-order valence-electron chi connectivity index (χ3n) is 4.69. The Kier molecular flexibility index (Phi) is 4.63. The number of rotatable bonds is 5. The molecule has 0 unspecified atom stereocenters. The van der Waals surface area contributed by atoms with E-state index in [1.807, 2.05) is 5.06 Å². The summed E-state index contributed by atoms with van der Waals surface area (Å²) >= 11 is 0. The maximum absolute atomic E-state index is 12.3. The van der Waals surface area contributed by atoms with E-state index in [-0.39, 0.29) is 5.91 Å². The summed E-state index contributed by atoms with van der Waals surface area (Å²) in [6.07, 6.45) is 5.41. The van der Waals surface area contributed by atoms with Crippen molar-refractivity contribution in [3.05, 3.63) is 18.5 Å². The molecule has 0 aliphatic carbocycles. The first-order valence-electron chi connectivity index (χ1n) is 8.01. The third-order valence-corrected chi connectivity index (χ3v) is 4.69. The molecule has 8 heteroatoms. The van der Waals surface area contributed by atoms with Crippen molar-refractivity contribution in [2.24, 2.45) is 0 Å². The van der Waals surface area contributed by atoms with Gasteiger partial charge in [0.05, 0.1) is 6.61 Å². The van der Waals surface area contributed by atoms with Gasteiger partial charge in [-0.15, -0.1) is 0 Å². The van der Waals surface area contributed by atoms with E-state index in [4.69, 9.17) is 4.84 Å². The highest BCUT2D eigenvalue weighted by molar-refractivity contribution is 5.79. The number of nitrogens with zero attached hydrogens (tertiary/aromatic N) is 4. The molecule has 2 aliphatic rings. The number of likely N-dealkylation sites (tertiary alicyclic amines) is 1. The number of hydrogen-bond acceptors (Lipinski definition) is 5. The van der Waals surface area contributed by atoms with Crippen molar-refractivity contribution in [1.82, 2.24) is 19.7 Å². The maximum atomic E-state index is 12.3. The number of amides is 1. The number of carboxylic acid groups (broad SMARTS) is 1. The standard InChI is InChI=1S/C15H22N4O4/c20-13(3-9-18-7-2-12-23-18)17-10-4-15(5-11-17,14(21)22)19-8-1-6-16-19/h1,6,8H,2-5,7,9-12H2,(H,21,22). The summed E-state index contributed by atoms with van der Waals surface area (Å²) in [4.78, 5) is 31.2. The largest absolute Gasteiger partial charge is 0.479 e. The molecule has 8 nitrogen and oxygen atoms in total. The fourth-order valence-corrected chi connectivity index (χ4v) is 3.24. The summed E-state index contributed by atoms with van der Waals surface area (Å²) in [5.41, 5.74) is -1.04. The van der Waals surface area contributed by atoms with Crippen LogP contribution < -0.4 is 0 Å². The van der Waals surface area contributed by atoms with Crippen LogP contribution in [0, 0.1) is 0 Å². The van der Waals surface area contributed by atoms with Crippen molar-refractivity contribution in [3.63, 3.8) is 0 Å². The highest BCUT2D eigenvalue weighted by atomic mass is 16.7. The smallest absolute Gasteiger partial charge is 0.331 e. The van der Waals surface area contributed by atoms with Crippen molar-refractivity contribution in [2.45, 2.75) is 31.2 Å². The Hall–Kier alpha value is -1.93. The Balaban J connectivity index is 1.56. The van der Waals surface area contributed by atoms with Gasteiger partial charge in [0.2, 0.25) is 5.91 Å². The van der Waals surface area contributed by atoms with Crippen LogP contribution in [0.25, 0.3) is 0 Å². The van der Waals surface area contributed by atoms with Gasteiger partial charge in [-0.3, -0.25) is 14.3 Å². The van der Waals surface area contributed by atoms with Crippen LogP contribution >= 0.6 is 0 Å². The van der Waals surface area contributed by atoms with E-state index in [1.165, 1.54) is 4.68 Å². The first kappa shape index (κ1) is 15.9. The van der Waals surface area contributed by atoms with E-state index in [0.29, 0.717) is 38.9 Å². The lowest BCUT2D eigenvalue weighted by molar-refractivity contribution is -0.154. The van der Waals surface area contributed by atoms with Gasteiger partial charge in [-0.05, 0) is 12.5 Å².